The first-order chi connectivity index (χ1) is 7.65. The highest BCUT2D eigenvalue weighted by Gasteiger charge is 2.09. The fraction of sp³-hybridized carbons (Fsp3) is 0.250. The first-order valence-electron chi connectivity index (χ1n) is 5.09. The summed E-state index contributed by atoms with van der Waals surface area (Å²) in [4.78, 5) is 7.09. The van der Waals surface area contributed by atoms with Crippen molar-refractivity contribution < 1.29 is 9.50 Å². The SMILES string of the molecule is Cc1ncc(CC(O)c2ccc(F)cc2)[nH]1. The van der Waals surface area contributed by atoms with Crippen LogP contribution in [0.25, 0.3) is 0 Å². The number of nitrogens with one attached hydrogen (secondary N) is 1. The Kier molecular flexibility index (Phi) is 3.01. The van der Waals surface area contributed by atoms with Crippen molar-refractivity contribution in [2.24, 2.45) is 0 Å². The van der Waals surface area contributed by atoms with Gasteiger partial charge >= 0.3 is 0 Å². The number of halogens is 1. The molecule has 0 aliphatic carbocycles. The summed E-state index contributed by atoms with van der Waals surface area (Å²) >= 11 is 0. The number of aliphatic hydroxyl groups is 1. The summed E-state index contributed by atoms with van der Waals surface area (Å²) in [5, 5.41) is 9.90. The molecule has 3 nitrogen and oxygen atoms in total. The zero-order valence-corrected chi connectivity index (χ0v) is 8.94. The summed E-state index contributed by atoms with van der Waals surface area (Å²) in [5.74, 6) is 0.523. The van der Waals surface area contributed by atoms with Crippen LogP contribution in [0.15, 0.2) is 30.5 Å². The van der Waals surface area contributed by atoms with E-state index >= 15 is 0 Å². The molecule has 84 valence electrons. The summed E-state index contributed by atoms with van der Waals surface area (Å²) in [7, 11) is 0. The summed E-state index contributed by atoms with van der Waals surface area (Å²) in [6, 6.07) is 5.86. The Labute approximate surface area is 93.0 Å². The Morgan fingerprint density at radius 3 is 2.62 bits per heavy atom. The number of imidazole rings is 1. The Morgan fingerprint density at radius 1 is 1.38 bits per heavy atom. The summed E-state index contributed by atoms with van der Waals surface area (Å²) in [5.41, 5.74) is 1.57. The molecule has 1 atom stereocenters. The van der Waals surface area contributed by atoms with Crippen molar-refractivity contribution in [1.29, 1.82) is 0 Å². The second kappa shape index (κ2) is 4.45. The second-order valence-corrected chi connectivity index (χ2v) is 3.77. The van der Waals surface area contributed by atoms with Crippen LogP contribution in [0.3, 0.4) is 0 Å². The van der Waals surface area contributed by atoms with Crippen LogP contribution in [0.2, 0.25) is 0 Å². The molecule has 2 N–H and O–H groups in total. The highest BCUT2D eigenvalue weighted by atomic mass is 19.1. The predicted molar refractivity (Wildman–Crippen MR) is 58.4 cm³/mol. The third-order valence-electron chi connectivity index (χ3n) is 2.42. The number of hydrogen-bond donors (Lipinski definition) is 2. The molecule has 1 aromatic carbocycles. The first kappa shape index (κ1) is 10.8. The number of H-pyrrole nitrogens is 1. The van der Waals surface area contributed by atoms with E-state index in [-0.39, 0.29) is 5.82 Å². The number of aromatic amines is 1. The number of benzene rings is 1. The second-order valence-electron chi connectivity index (χ2n) is 3.77. The lowest BCUT2D eigenvalue weighted by molar-refractivity contribution is 0.177. The van der Waals surface area contributed by atoms with Gasteiger partial charge in [-0.25, -0.2) is 9.37 Å². The van der Waals surface area contributed by atoms with Crippen LogP contribution in [-0.2, 0) is 6.42 Å². The fourth-order valence-corrected chi connectivity index (χ4v) is 1.59. The van der Waals surface area contributed by atoms with Gasteiger partial charge in [0.15, 0.2) is 0 Å². The lowest BCUT2D eigenvalue weighted by Gasteiger charge is -2.09. The smallest absolute Gasteiger partial charge is 0.123 e. The highest BCUT2D eigenvalue weighted by Crippen LogP contribution is 2.17. The molecule has 2 rings (SSSR count). The number of aryl methyl sites for hydroxylation is 1. The molecule has 1 unspecified atom stereocenters. The third kappa shape index (κ3) is 2.46. The quantitative estimate of drug-likeness (QED) is 0.832. The van der Waals surface area contributed by atoms with Crippen LogP contribution >= 0.6 is 0 Å². The Hall–Kier alpha value is -1.68. The summed E-state index contributed by atoms with van der Waals surface area (Å²) in [6.45, 7) is 1.85. The van der Waals surface area contributed by atoms with E-state index in [2.05, 4.69) is 9.97 Å². The zero-order valence-electron chi connectivity index (χ0n) is 8.94. The van der Waals surface area contributed by atoms with Crippen LogP contribution in [0.1, 0.15) is 23.2 Å². The zero-order chi connectivity index (χ0) is 11.5. The van der Waals surface area contributed by atoms with Gasteiger partial charge in [-0.2, -0.15) is 0 Å². The van der Waals surface area contributed by atoms with Gasteiger partial charge < -0.3 is 10.1 Å². The Balaban J connectivity index is 2.08. The van der Waals surface area contributed by atoms with Crippen molar-refractivity contribution >= 4 is 0 Å². The highest BCUT2D eigenvalue weighted by molar-refractivity contribution is 5.20. The number of nitrogens with zero attached hydrogens (tertiary/aromatic N) is 1. The van der Waals surface area contributed by atoms with Gasteiger partial charge in [-0.15, -0.1) is 0 Å². The normalized spacial score (nSPS) is 12.7. The standard InChI is InChI=1S/C12H13FN2O/c1-8-14-7-11(15-8)6-12(16)9-2-4-10(13)5-3-9/h2-5,7,12,16H,6H2,1H3,(H,14,15). The van der Waals surface area contributed by atoms with Gasteiger partial charge in [-0.05, 0) is 24.6 Å². The molecule has 0 fully saturated rings. The van der Waals surface area contributed by atoms with Gasteiger partial charge in [-0.1, -0.05) is 12.1 Å². The molecule has 1 heterocycles. The van der Waals surface area contributed by atoms with Gasteiger partial charge in [0.2, 0.25) is 0 Å². The molecule has 0 saturated carbocycles. The van der Waals surface area contributed by atoms with E-state index in [1.807, 2.05) is 6.92 Å². The molecule has 0 spiro atoms. The van der Waals surface area contributed by atoms with E-state index in [9.17, 15) is 9.50 Å². The van der Waals surface area contributed by atoms with E-state index in [4.69, 9.17) is 0 Å². The number of aliphatic hydroxyl groups excluding tert-OH is 1. The minimum Gasteiger partial charge on any atom is -0.388 e. The van der Waals surface area contributed by atoms with Crippen LogP contribution in [0, 0.1) is 12.7 Å². The van der Waals surface area contributed by atoms with Crippen molar-refractivity contribution in [3.8, 4) is 0 Å². The van der Waals surface area contributed by atoms with Gasteiger partial charge in [0.05, 0.1) is 6.10 Å². The van der Waals surface area contributed by atoms with E-state index in [0.717, 1.165) is 11.5 Å². The maximum absolute atomic E-state index is 12.7. The van der Waals surface area contributed by atoms with Crippen molar-refractivity contribution in [1.82, 2.24) is 9.97 Å². The third-order valence-corrected chi connectivity index (χ3v) is 2.42. The predicted octanol–water partition coefficient (Wildman–Crippen LogP) is 2.13. The Bertz CT molecular complexity index is 464. The van der Waals surface area contributed by atoms with E-state index < -0.39 is 6.10 Å². The van der Waals surface area contributed by atoms with Crippen LogP contribution in [0.4, 0.5) is 4.39 Å². The van der Waals surface area contributed by atoms with E-state index in [1.165, 1.54) is 12.1 Å². The lowest BCUT2D eigenvalue weighted by Crippen LogP contribution is -2.02. The average Bonchev–Trinajstić information content (AvgIpc) is 2.65. The van der Waals surface area contributed by atoms with E-state index in [1.54, 1.807) is 18.3 Å². The minimum atomic E-state index is -0.638. The maximum Gasteiger partial charge on any atom is 0.123 e. The van der Waals surface area contributed by atoms with Crippen molar-refractivity contribution in [2.45, 2.75) is 19.4 Å². The molecule has 0 radical (unpaired) electrons. The summed E-state index contributed by atoms with van der Waals surface area (Å²) < 4.78 is 12.7. The lowest BCUT2D eigenvalue weighted by atomic mass is 10.1. The van der Waals surface area contributed by atoms with Gasteiger partial charge in [0, 0.05) is 18.3 Å². The molecule has 4 heteroatoms. The maximum atomic E-state index is 12.7. The molecule has 0 aliphatic rings. The largest absolute Gasteiger partial charge is 0.388 e. The van der Waals surface area contributed by atoms with Crippen molar-refractivity contribution in [3.05, 3.63) is 53.4 Å². The molecular weight excluding hydrogens is 207 g/mol. The first-order valence-corrected chi connectivity index (χ1v) is 5.09. The summed E-state index contributed by atoms with van der Waals surface area (Å²) in [6.07, 6.45) is 1.51. The van der Waals surface area contributed by atoms with Crippen molar-refractivity contribution in [3.63, 3.8) is 0 Å². The average molecular weight is 220 g/mol. The van der Waals surface area contributed by atoms with Gasteiger partial charge in [0.1, 0.15) is 11.6 Å². The number of hydrogen-bond acceptors (Lipinski definition) is 2. The van der Waals surface area contributed by atoms with Crippen LogP contribution < -0.4 is 0 Å². The topological polar surface area (TPSA) is 48.9 Å². The molecule has 0 aliphatic heterocycles. The van der Waals surface area contributed by atoms with Gasteiger partial charge in [-0.3, -0.25) is 0 Å². The monoisotopic (exact) mass is 220 g/mol. The Morgan fingerprint density at radius 2 is 2.06 bits per heavy atom. The number of rotatable bonds is 3. The molecule has 0 amide bonds. The van der Waals surface area contributed by atoms with Gasteiger partial charge in [0.25, 0.3) is 0 Å². The minimum absolute atomic E-state index is 0.298. The molecule has 1 aromatic heterocycles. The molecule has 0 bridgehead atoms. The van der Waals surface area contributed by atoms with E-state index in [0.29, 0.717) is 12.0 Å². The fourth-order valence-electron chi connectivity index (χ4n) is 1.59. The van der Waals surface area contributed by atoms with Crippen molar-refractivity contribution in [2.75, 3.05) is 0 Å². The molecule has 16 heavy (non-hydrogen) atoms. The molecule has 0 saturated heterocycles. The van der Waals surface area contributed by atoms with Crippen LogP contribution in [-0.4, -0.2) is 15.1 Å². The van der Waals surface area contributed by atoms with Crippen LogP contribution in [0.5, 0.6) is 0 Å². The molecule has 2 aromatic rings. The molecular formula is C12H13FN2O. The number of aromatic nitrogens is 2.